The highest BCUT2D eigenvalue weighted by atomic mass is 16.6. The Hall–Kier alpha value is -1.26. The molecule has 0 aliphatic rings. The third kappa shape index (κ3) is 13.0. The van der Waals surface area contributed by atoms with Crippen LogP contribution < -0.4 is 5.32 Å². The maximum absolute atomic E-state index is 11.4. The lowest BCUT2D eigenvalue weighted by Gasteiger charge is -2.21. The lowest BCUT2D eigenvalue weighted by atomic mass is 10.2. The molecular weight excluding hydrogens is 246 g/mol. The maximum atomic E-state index is 11.4. The number of carbonyl (C=O) groups is 2. The molecule has 0 radical (unpaired) electrons. The molecule has 0 bridgehead atoms. The summed E-state index contributed by atoms with van der Waals surface area (Å²) in [4.78, 5) is 22.8. The zero-order valence-electron chi connectivity index (χ0n) is 13.3. The average molecular weight is 275 g/mol. The molecular formula is C14H29NO4. The molecule has 0 spiro atoms. The van der Waals surface area contributed by atoms with E-state index in [0.717, 1.165) is 12.8 Å². The molecule has 0 fully saturated rings. The second-order valence-electron chi connectivity index (χ2n) is 4.89. The third-order valence-electron chi connectivity index (χ3n) is 1.83. The summed E-state index contributed by atoms with van der Waals surface area (Å²) in [5.74, 6) is -0.440. The molecule has 114 valence electrons. The lowest BCUT2D eigenvalue weighted by molar-refractivity contribution is -0.145. The van der Waals surface area contributed by atoms with Crippen LogP contribution in [0.2, 0.25) is 0 Å². The van der Waals surface area contributed by atoms with Crippen molar-refractivity contribution in [3.8, 4) is 0 Å². The molecule has 5 nitrogen and oxygen atoms in total. The summed E-state index contributed by atoms with van der Waals surface area (Å²) in [6.07, 6.45) is 1.17. The Morgan fingerprint density at radius 3 is 2.16 bits per heavy atom. The number of nitrogens with one attached hydrogen (secondary N) is 1. The molecule has 0 saturated carbocycles. The first kappa shape index (κ1) is 20.1. The summed E-state index contributed by atoms with van der Waals surface area (Å²) in [6.45, 7) is 13.2. The van der Waals surface area contributed by atoms with Gasteiger partial charge in [-0.2, -0.15) is 0 Å². The van der Waals surface area contributed by atoms with E-state index in [9.17, 15) is 9.59 Å². The number of rotatable bonds is 5. The first-order chi connectivity index (χ1) is 8.76. The van der Waals surface area contributed by atoms with E-state index in [1.165, 1.54) is 0 Å². The Morgan fingerprint density at radius 1 is 1.21 bits per heavy atom. The van der Waals surface area contributed by atoms with Crippen LogP contribution in [0.5, 0.6) is 0 Å². The summed E-state index contributed by atoms with van der Waals surface area (Å²) in [7, 11) is 0. The highest BCUT2D eigenvalue weighted by Gasteiger charge is 2.21. The largest absolute Gasteiger partial charge is 0.464 e. The summed E-state index contributed by atoms with van der Waals surface area (Å²) >= 11 is 0. The smallest absolute Gasteiger partial charge is 0.408 e. The molecule has 0 aliphatic carbocycles. The molecule has 0 aromatic rings. The quantitative estimate of drug-likeness (QED) is 0.618. The highest BCUT2D eigenvalue weighted by molar-refractivity contribution is 5.80. The third-order valence-corrected chi connectivity index (χ3v) is 1.83. The van der Waals surface area contributed by atoms with Crippen molar-refractivity contribution < 1.29 is 19.1 Å². The van der Waals surface area contributed by atoms with Crippen molar-refractivity contribution >= 4 is 12.1 Å². The van der Waals surface area contributed by atoms with Gasteiger partial charge < -0.3 is 14.8 Å². The maximum Gasteiger partial charge on any atom is 0.408 e. The molecule has 0 aliphatic heterocycles. The molecule has 5 heteroatoms. The van der Waals surface area contributed by atoms with Crippen LogP contribution in [0.15, 0.2) is 0 Å². The summed E-state index contributed by atoms with van der Waals surface area (Å²) in [6, 6.07) is -0.693. The number of ether oxygens (including phenoxy) is 2. The van der Waals surface area contributed by atoms with Crippen molar-refractivity contribution in [3.05, 3.63) is 0 Å². The number of unbranched alkanes of at least 4 members (excludes halogenated alkanes) is 1. The molecule has 1 amide bonds. The minimum absolute atomic E-state index is 0.385. The Balaban J connectivity index is 0. The Bertz CT molecular complexity index is 259. The second-order valence-corrected chi connectivity index (χ2v) is 4.89. The zero-order valence-corrected chi connectivity index (χ0v) is 13.3. The standard InChI is InChI=1S/C12H23NO4.C2H6/c1-6-7-8-16-10(14)9(2)13-11(15)17-12(3,4)5;1-2/h9H,6-8H2,1-5H3,(H,13,15);1-2H3. The average Bonchev–Trinajstić information content (AvgIpc) is 2.29. The minimum Gasteiger partial charge on any atom is -0.464 e. The normalized spacial score (nSPS) is 11.7. The van der Waals surface area contributed by atoms with E-state index in [-0.39, 0.29) is 0 Å². The predicted molar refractivity (Wildman–Crippen MR) is 76.0 cm³/mol. The van der Waals surface area contributed by atoms with E-state index in [0.29, 0.717) is 6.61 Å². The van der Waals surface area contributed by atoms with Gasteiger partial charge in [0.25, 0.3) is 0 Å². The van der Waals surface area contributed by atoms with Crippen LogP contribution >= 0.6 is 0 Å². The van der Waals surface area contributed by atoms with Crippen LogP contribution in [0.4, 0.5) is 4.79 Å². The topological polar surface area (TPSA) is 64.6 Å². The van der Waals surface area contributed by atoms with E-state index in [4.69, 9.17) is 9.47 Å². The predicted octanol–water partition coefficient (Wildman–Crippen LogP) is 3.27. The molecule has 1 N–H and O–H groups in total. The molecule has 19 heavy (non-hydrogen) atoms. The minimum atomic E-state index is -0.693. The van der Waals surface area contributed by atoms with E-state index < -0.39 is 23.7 Å². The molecule has 0 rings (SSSR count). The van der Waals surface area contributed by atoms with Crippen LogP contribution in [0.3, 0.4) is 0 Å². The van der Waals surface area contributed by atoms with Gasteiger partial charge in [-0.15, -0.1) is 0 Å². The van der Waals surface area contributed by atoms with Gasteiger partial charge >= 0.3 is 12.1 Å². The van der Waals surface area contributed by atoms with E-state index in [1.54, 1.807) is 27.7 Å². The number of carbonyl (C=O) groups excluding carboxylic acids is 2. The number of alkyl carbamates (subject to hydrolysis) is 1. The van der Waals surface area contributed by atoms with Gasteiger partial charge in [0.1, 0.15) is 11.6 Å². The molecule has 0 aromatic carbocycles. The molecule has 1 unspecified atom stereocenters. The van der Waals surface area contributed by atoms with Gasteiger partial charge in [0.15, 0.2) is 0 Å². The van der Waals surface area contributed by atoms with Gasteiger partial charge in [-0.1, -0.05) is 27.2 Å². The van der Waals surface area contributed by atoms with Crippen LogP contribution in [0.1, 0.15) is 61.3 Å². The highest BCUT2D eigenvalue weighted by Crippen LogP contribution is 2.06. The van der Waals surface area contributed by atoms with Crippen molar-refractivity contribution in [2.75, 3.05) is 6.61 Å². The van der Waals surface area contributed by atoms with Crippen LogP contribution in [0.25, 0.3) is 0 Å². The van der Waals surface area contributed by atoms with Crippen molar-refractivity contribution in [1.82, 2.24) is 5.32 Å². The van der Waals surface area contributed by atoms with Gasteiger partial charge in [0.2, 0.25) is 0 Å². The summed E-state index contributed by atoms with van der Waals surface area (Å²) in [5, 5.41) is 2.43. The number of hydrogen-bond donors (Lipinski definition) is 1. The van der Waals surface area contributed by atoms with Crippen LogP contribution in [-0.4, -0.2) is 30.3 Å². The van der Waals surface area contributed by atoms with Crippen LogP contribution in [-0.2, 0) is 14.3 Å². The van der Waals surface area contributed by atoms with Crippen LogP contribution in [0, 0.1) is 0 Å². The Morgan fingerprint density at radius 2 is 1.74 bits per heavy atom. The number of amides is 1. The van der Waals surface area contributed by atoms with Crippen molar-refractivity contribution in [1.29, 1.82) is 0 Å². The zero-order chi connectivity index (χ0) is 15.5. The van der Waals surface area contributed by atoms with E-state index >= 15 is 0 Å². The fraction of sp³-hybridized carbons (Fsp3) is 0.857. The van der Waals surface area contributed by atoms with Gasteiger partial charge in [-0.3, -0.25) is 0 Å². The van der Waals surface area contributed by atoms with E-state index in [2.05, 4.69) is 5.32 Å². The lowest BCUT2D eigenvalue weighted by Crippen LogP contribution is -2.42. The summed E-state index contributed by atoms with van der Waals surface area (Å²) < 4.78 is 9.99. The molecule has 0 aromatic heterocycles. The van der Waals surface area contributed by atoms with Gasteiger partial charge in [0, 0.05) is 0 Å². The van der Waals surface area contributed by atoms with Crippen molar-refractivity contribution in [2.24, 2.45) is 0 Å². The second kappa shape index (κ2) is 10.6. The molecule has 0 saturated heterocycles. The Labute approximate surface area is 117 Å². The SMILES string of the molecule is CC.CCCCOC(=O)C(C)NC(=O)OC(C)(C)C. The Kier molecular flexibility index (Phi) is 11.2. The fourth-order valence-electron chi connectivity index (χ4n) is 0.985. The van der Waals surface area contributed by atoms with Gasteiger partial charge in [-0.05, 0) is 34.1 Å². The first-order valence-corrected chi connectivity index (χ1v) is 6.92. The monoisotopic (exact) mass is 275 g/mol. The van der Waals surface area contributed by atoms with E-state index in [1.807, 2.05) is 20.8 Å². The molecule has 0 heterocycles. The van der Waals surface area contributed by atoms with Crippen molar-refractivity contribution in [3.63, 3.8) is 0 Å². The number of esters is 1. The fourth-order valence-corrected chi connectivity index (χ4v) is 0.985. The van der Waals surface area contributed by atoms with Crippen molar-refractivity contribution in [2.45, 2.75) is 73.0 Å². The van der Waals surface area contributed by atoms with Gasteiger partial charge in [-0.25, -0.2) is 9.59 Å². The first-order valence-electron chi connectivity index (χ1n) is 6.92. The number of hydrogen-bond acceptors (Lipinski definition) is 4. The van der Waals surface area contributed by atoms with Gasteiger partial charge in [0.05, 0.1) is 6.61 Å². The summed E-state index contributed by atoms with van der Waals surface area (Å²) in [5.41, 5.74) is -0.573. The molecule has 1 atom stereocenters.